The summed E-state index contributed by atoms with van der Waals surface area (Å²) in [5, 5.41) is 21.3. The molecule has 14 nitrogen and oxygen atoms in total. The first-order chi connectivity index (χ1) is 18.7. The molecule has 4 aromatic rings. The zero-order valence-corrected chi connectivity index (χ0v) is 21.8. The number of hydrogen-bond donors (Lipinski definition) is 3. The summed E-state index contributed by atoms with van der Waals surface area (Å²) in [7, 11) is -1.29. The van der Waals surface area contributed by atoms with Gasteiger partial charge in [-0.3, -0.25) is 9.09 Å². The highest BCUT2D eigenvalue weighted by Crippen LogP contribution is 2.41. The minimum atomic E-state index is -2.70. The summed E-state index contributed by atoms with van der Waals surface area (Å²) in [5.74, 6) is -0.670. The third kappa shape index (κ3) is 5.40. The van der Waals surface area contributed by atoms with E-state index in [0.29, 0.717) is 16.6 Å². The van der Waals surface area contributed by atoms with Crippen LogP contribution in [0, 0.1) is 0 Å². The standard InChI is InChI=1S/C24H25N6O8P/c1-12(23(32)33)29-39(34)38-19-15-6-4-3-5-13(15)7-8-17(19)36-10-14-9-16(31)22(37-14)30-11-26-18-20(25)27-24(35-2)28-21(18)30/h3-8,11-12,14,16,22,31H,9-10H2,1-2H3,(H,32,33)(H2,25,27,28)/t12?,14-,16+,22+/m0/s1. The van der Waals surface area contributed by atoms with Crippen molar-refractivity contribution in [2.24, 2.45) is 4.74 Å². The molecule has 39 heavy (non-hydrogen) atoms. The number of rotatable bonds is 9. The van der Waals surface area contributed by atoms with Gasteiger partial charge in [0.2, 0.25) is 5.75 Å². The van der Waals surface area contributed by atoms with E-state index in [1.54, 1.807) is 22.8 Å². The maximum absolute atomic E-state index is 12.5. The first-order valence-corrected chi connectivity index (χ1v) is 13.0. The van der Waals surface area contributed by atoms with Gasteiger partial charge in [-0.15, -0.1) is 0 Å². The molecule has 5 rings (SSSR count). The van der Waals surface area contributed by atoms with Crippen LogP contribution in [0.4, 0.5) is 5.82 Å². The number of nitrogens with two attached hydrogens (primary N) is 1. The second-order valence-corrected chi connectivity index (χ2v) is 9.64. The van der Waals surface area contributed by atoms with E-state index in [1.807, 2.05) is 18.2 Å². The highest BCUT2D eigenvalue weighted by Gasteiger charge is 2.37. The molecule has 1 saturated heterocycles. The fourth-order valence-electron chi connectivity index (χ4n) is 4.19. The monoisotopic (exact) mass is 556 g/mol. The van der Waals surface area contributed by atoms with Crippen LogP contribution in [0.15, 0.2) is 47.5 Å². The lowest BCUT2D eigenvalue weighted by Crippen LogP contribution is -2.20. The van der Waals surface area contributed by atoms with Gasteiger partial charge in [0.15, 0.2) is 35.0 Å². The Hall–Kier alpha value is -4.10. The molecule has 2 aromatic heterocycles. The summed E-state index contributed by atoms with van der Waals surface area (Å²) < 4.78 is 28.0. The molecule has 204 valence electrons. The fraction of sp³-hybridized carbons (Fsp3) is 0.333. The lowest BCUT2D eigenvalue weighted by molar-refractivity contribution is -0.169. The van der Waals surface area contributed by atoms with E-state index in [4.69, 9.17) is 29.6 Å². The number of imidazole rings is 1. The number of carbonyl (C=O) groups is 1. The third-order valence-electron chi connectivity index (χ3n) is 6.11. The molecule has 15 heteroatoms. The Morgan fingerprint density at radius 2 is 2.13 bits per heavy atom. The summed E-state index contributed by atoms with van der Waals surface area (Å²) in [6.45, 7) is 1.33. The van der Waals surface area contributed by atoms with Gasteiger partial charge in [-0.25, -0.2) is 9.78 Å². The predicted octanol–water partition coefficient (Wildman–Crippen LogP) is 2.01. The molecule has 3 heterocycles. The van der Waals surface area contributed by atoms with E-state index in [9.17, 15) is 14.8 Å². The molecule has 2 unspecified atom stereocenters. The van der Waals surface area contributed by atoms with Crippen molar-refractivity contribution in [2.75, 3.05) is 19.5 Å². The van der Waals surface area contributed by atoms with Crippen LogP contribution in [0.25, 0.3) is 21.9 Å². The summed E-state index contributed by atoms with van der Waals surface area (Å²) >= 11 is 0. The second kappa shape index (κ2) is 10.9. The molecule has 0 bridgehead atoms. The maximum Gasteiger partial charge on any atom is 0.395 e. The number of ether oxygens (including phenoxy) is 3. The minimum absolute atomic E-state index is 0.0226. The molecule has 0 amide bonds. The second-order valence-electron chi connectivity index (χ2n) is 8.76. The summed E-state index contributed by atoms with van der Waals surface area (Å²) in [4.78, 5) is 36.2. The SMILES string of the molecule is COc1nc(N)c2ncn([C@@H]3O[C@H](COc4ccc5ccccc5c4O/[P+]([O-])=N/C(C)C(=O)O)C[C@H]3O)c2n1. The Labute approximate surface area is 222 Å². The number of nitrogens with zero attached hydrogens (tertiary/aromatic N) is 5. The van der Waals surface area contributed by atoms with Crippen LogP contribution < -0.4 is 24.6 Å². The lowest BCUT2D eigenvalue weighted by atomic mass is 10.1. The number of carboxylic acids is 1. The number of nitrogen functional groups attached to an aromatic ring is 1. The number of methoxy groups -OCH3 is 1. The van der Waals surface area contributed by atoms with Crippen LogP contribution in [0.5, 0.6) is 17.5 Å². The Balaban J connectivity index is 1.36. The highest BCUT2D eigenvalue weighted by atomic mass is 31.1. The van der Waals surface area contributed by atoms with Gasteiger partial charge < -0.3 is 35.1 Å². The molecule has 1 aliphatic heterocycles. The number of carboxylic acid groups (broad SMARTS) is 1. The fourth-order valence-corrected chi connectivity index (χ4v) is 4.96. The smallest absolute Gasteiger partial charge is 0.395 e. The van der Waals surface area contributed by atoms with Crippen LogP contribution in [0.1, 0.15) is 19.6 Å². The van der Waals surface area contributed by atoms with E-state index in [1.165, 1.54) is 20.4 Å². The van der Waals surface area contributed by atoms with Crippen molar-refractivity contribution in [3.8, 4) is 17.5 Å². The normalized spacial score (nSPS) is 20.3. The lowest BCUT2D eigenvalue weighted by Gasteiger charge is -2.18. The average Bonchev–Trinajstić information content (AvgIpc) is 3.50. The van der Waals surface area contributed by atoms with Crippen molar-refractivity contribution >= 4 is 41.9 Å². The summed E-state index contributed by atoms with van der Waals surface area (Å²) in [5.41, 5.74) is 6.64. The number of hydrogen-bond acceptors (Lipinski definition) is 12. The molecule has 0 aliphatic carbocycles. The van der Waals surface area contributed by atoms with E-state index >= 15 is 0 Å². The van der Waals surface area contributed by atoms with Crippen molar-refractivity contribution in [3.05, 3.63) is 42.7 Å². The Kier molecular flexibility index (Phi) is 7.44. The Bertz CT molecular complexity index is 1560. The van der Waals surface area contributed by atoms with Crippen molar-refractivity contribution < 1.29 is 38.6 Å². The number of fused-ring (bicyclic) bond motifs is 2. The molecule has 0 saturated carbocycles. The van der Waals surface area contributed by atoms with Gasteiger partial charge in [-0.05, 0) is 18.4 Å². The predicted molar refractivity (Wildman–Crippen MR) is 137 cm³/mol. The van der Waals surface area contributed by atoms with Crippen LogP contribution in [0.2, 0.25) is 0 Å². The Morgan fingerprint density at radius 3 is 2.90 bits per heavy atom. The van der Waals surface area contributed by atoms with Gasteiger partial charge in [-0.2, -0.15) is 9.97 Å². The number of anilines is 1. The van der Waals surface area contributed by atoms with Gasteiger partial charge in [0.1, 0.15) is 12.7 Å². The largest absolute Gasteiger partial charge is 0.575 e. The minimum Gasteiger partial charge on any atom is -0.575 e. The van der Waals surface area contributed by atoms with Gasteiger partial charge in [0.05, 0.1) is 19.5 Å². The van der Waals surface area contributed by atoms with E-state index in [2.05, 4.69) is 19.7 Å². The van der Waals surface area contributed by atoms with Crippen molar-refractivity contribution in [3.63, 3.8) is 0 Å². The molecule has 2 aromatic carbocycles. The molecular formula is C24H25N6O8P. The molecule has 4 N–H and O–H groups in total. The quantitative estimate of drug-likeness (QED) is 0.254. The van der Waals surface area contributed by atoms with E-state index in [-0.39, 0.29) is 36.4 Å². The van der Waals surface area contributed by atoms with Crippen molar-refractivity contribution in [1.29, 1.82) is 0 Å². The zero-order valence-electron chi connectivity index (χ0n) is 20.9. The molecule has 5 atom stereocenters. The van der Waals surface area contributed by atoms with E-state index in [0.717, 1.165) is 5.39 Å². The average molecular weight is 556 g/mol. The highest BCUT2D eigenvalue weighted by molar-refractivity contribution is 7.34. The van der Waals surface area contributed by atoms with Crippen LogP contribution >= 0.6 is 8.17 Å². The van der Waals surface area contributed by atoms with Gasteiger partial charge in [0, 0.05) is 11.8 Å². The van der Waals surface area contributed by atoms with Crippen molar-refractivity contribution in [2.45, 2.75) is 37.8 Å². The van der Waals surface area contributed by atoms with E-state index < -0.39 is 38.6 Å². The Morgan fingerprint density at radius 1 is 1.33 bits per heavy atom. The molecular weight excluding hydrogens is 531 g/mol. The van der Waals surface area contributed by atoms with Gasteiger partial charge >= 0.3 is 20.1 Å². The first kappa shape index (κ1) is 26.5. The maximum atomic E-state index is 12.5. The van der Waals surface area contributed by atoms with Gasteiger partial charge in [0.25, 0.3) is 0 Å². The topological polar surface area (TPSA) is 199 Å². The van der Waals surface area contributed by atoms with Gasteiger partial charge in [-0.1, -0.05) is 35.1 Å². The number of aliphatic carboxylic acids is 1. The van der Waals surface area contributed by atoms with Crippen LogP contribution in [-0.4, -0.2) is 67.7 Å². The number of aliphatic hydroxyl groups is 1. The molecule has 1 aliphatic rings. The first-order valence-electron chi connectivity index (χ1n) is 11.9. The third-order valence-corrected chi connectivity index (χ3v) is 6.99. The van der Waals surface area contributed by atoms with Crippen LogP contribution in [0.3, 0.4) is 0 Å². The number of aliphatic hydroxyl groups excluding tert-OH is 1. The van der Waals surface area contributed by atoms with Crippen molar-refractivity contribution in [1.82, 2.24) is 19.5 Å². The number of aromatic nitrogens is 4. The summed E-state index contributed by atoms with van der Waals surface area (Å²) in [6, 6.07) is 9.54. The zero-order chi connectivity index (χ0) is 27.7. The molecule has 1 fully saturated rings. The molecule has 0 radical (unpaired) electrons. The number of benzene rings is 2. The van der Waals surface area contributed by atoms with Crippen LogP contribution in [-0.2, 0) is 9.53 Å². The molecule has 0 spiro atoms. The summed E-state index contributed by atoms with van der Waals surface area (Å²) in [6.07, 6.45) is -0.559.